The Morgan fingerprint density at radius 2 is 1.93 bits per heavy atom. The van der Waals surface area contributed by atoms with Gasteiger partial charge in [-0.05, 0) is 43.2 Å². The molecule has 1 aliphatic rings. The van der Waals surface area contributed by atoms with Gasteiger partial charge in [0.1, 0.15) is 11.9 Å². The number of ether oxygens (including phenoxy) is 1. The topological polar surface area (TPSA) is 75.7 Å². The van der Waals surface area contributed by atoms with E-state index in [9.17, 15) is 22.0 Å². The van der Waals surface area contributed by atoms with Crippen molar-refractivity contribution >= 4 is 21.8 Å². The summed E-state index contributed by atoms with van der Waals surface area (Å²) in [5.41, 5.74) is 0.838. The molecule has 0 saturated carbocycles. The number of hydrogen-bond acceptors (Lipinski definition) is 4. The van der Waals surface area contributed by atoms with Crippen molar-refractivity contribution in [3.63, 3.8) is 0 Å². The van der Waals surface area contributed by atoms with Gasteiger partial charge in [0.2, 0.25) is 10.0 Å². The number of carbonyl (C=O) groups is 1. The van der Waals surface area contributed by atoms with Gasteiger partial charge < -0.3 is 4.74 Å². The lowest BCUT2D eigenvalue weighted by atomic mass is 10.0. The number of nitrogens with one attached hydrogen (secondary N) is 1. The highest BCUT2D eigenvalue weighted by molar-refractivity contribution is 7.89. The smallest absolute Gasteiger partial charge is 0.414 e. The van der Waals surface area contributed by atoms with Crippen LogP contribution in [0, 0.1) is 5.82 Å². The number of cyclic esters (lactones) is 1. The zero-order chi connectivity index (χ0) is 20.3. The van der Waals surface area contributed by atoms with E-state index in [1.807, 2.05) is 0 Å². The van der Waals surface area contributed by atoms with Gasteiger partial charge >= 0.3 is 6.09 Å². The van der Waals surface area contributed by atoms with Crippen molar-refractivity contribution in [1.82, 2.24) is 4.72 Å². The van der Waals surface area contributed by atoms with Gasteiger partial charge in [0, 0.05) is 18.7 Å². The lowest BCUT2D eigenvalue weighted by Crippen LogP contribution is -2.38. The molecular formula is C19H20F2N2O4S. The molecule has 0 aromatic heterocycles. The number of amides is 1. The maximum absolute atomic E-state index is 14.8. The highest BCUT2D eigenvalue weighted by Gasteiger charge is 2.33. The first kappa shape index (κ1) is 20.2. The molecule has 28 heavy (non-hydrogen) atoms. The average molecular weight is 410 g/mol. The molecule has 2 aromatic carbocycles. The number of fused-ring (bicyclic) bond motifs is 1. The molecule has 1 amide bonds. The Morgan fingerprint density at radius 3 is 2.61 bits per heavy atom. The summed E-state index contributed by atoms with van der Waals surface area (Å²) in [5.74, 6) is -0.686. The van der Waals surface area contributed by atoms with Crippen molar-refractivity contribution in [2.24, 2.45) is 0 Å². The largest absolute Gasteiger partial charge is 0.441 e. The van der Waals surface area contributed by atoms with E-state index >= 15 is 0 Å². The number of hydrogen-bond donors (Lipinski definition) is 1. The number of alkyl halides is 1. The van der Waals surface area contributed by atoms with Crippen LogP contribution in [0.15, 0.2) is 47.4 Å². The van der Waals surface area contributed by atoms with Crippen molar-refractivity contribution in [3.05, 3.63) is 59.4 Å². The number of rotatable bonds is 7. The second kappa shape index (κ2) is 8.24. The second-order valence-corrected chi connectivity index (χ2v) is 8.14. The molecule has 0 spiro atoms. The van der Waals surface area contributed by atoms with E-state index in [1.165, 1.54) is 18.2 Å². The number of nitrogens with zero attached hydrogens (tertiary/aromatic N) is 1. The molecule has 0 fully saturated rings. The van der Waals surface area contributed by atoms with Gasteiger partial charge in [0.15, 0.2) is 0 Å². The van der Waals surface area contributed by atoms with E-state index in [-0.39, 0.29) is 30.1 Å². The average Bonchev–Trinajstić information content (AvgIpc) is 2.67. The van der Waals surface area contributed by atoms with Crippen LogP contribution < -0.4 is 9.62 Å². The predicted octanol–water partition coefficient (Wildman–Crippen LogP) is 3.68. The summed E-state index contributed by atoms with van der Waals surface area (Å²) < 4.78 is 59.6. The summed E-state index contributed by atoms with van der Waals surface area (Å²) in [6.07, 6.45) is -1.38. The van der Waals surface area contributed by atoms with Crippen molar-refractivity contribution in [3.8, 4) is 0 Å². The van der Waals surface area contributed by atoms with E-state index in [0.717, 1.165) is 4.90 Å². The summed E-state index contributed by atoms with van der Waals surface area (Å²) in [6.45, 7) is 0.814. The number of carbonyl (C=O) groups excluding carboxylic acids is 1. The second-order valence-electron chi connectivity index (χ2n) is 6.37. The quantitative estimate of drug-likeness (QED) is 0.756. The van der Waals surface area contributed by atoms with Gasteiger partial charge in [-0.3, -0.25) is 9.29 Å². The summed E-state index contributed by atoms with van der Waals surface area (Å²) in [5, 5.41) is 0. The van der Waals surface area contributed by atoms with Crippen LogP contribution in [0.2, 0.25) is 0 Å². The van der Waals surface area contributed by atoms with E-state index in [0.29, 0.717) is 11.1 Å². The zero-order valence-corrected chi connectivity index (χ0v) is 16.0. The molecule has 0 radical (unpaired) electrons. The predicted molar refractivity (Wildman–Crippen MR) is 99.7 cm³/mol. The molecule has 1 heterocycles. The van der Waals surface area contributed by atoms with Crippen LogP contribution in [0.3, 0.4) is 0 Å². The third-order valence-corrected chi connectivity index (χ3v) is 5.81. The molecule has 1 N–H and O–H groups in total. The van der Waals surface area contributed by atoms with Crippen molar-refractivity contribution in [1.29, 1.82) is 0 Å². The number of sulfonamides is 1. The SMILES string of the molecule is CC1OC(=O)N(CCCF)c2c(F)cc(CNS(=O)(=O)c3ccccc3)cc21. The van der Waals surface area contributed by atoms with Crippen LogP contribution in [0.5, 0.6) is 0 Å². The molecule has 0 bridgehead atoms. The fourth-order valence-corrected chi connectivity index (χ4v) is 4.07. The monoisotopic (exact) mass is 410 g/mol. The maximum atomic E-state index is 14.8. The van der Waals surface area contributed by atoms with Gasteiger partial charge in [-0.1, -0.05) is 18.2 Å². The van der Waals surface area contributed by atoms with Crippen molar-refractivity contribution in [2.75, 3.05) is 18.1 Å². The minimum Gasteiger partial charge on any atom is -0.441 e. The molecule has 2 aromatic rings. The van der Waals surface area contributed by atoms with Crippen LogP contribution in [-0.4, -0.2) is 27.7 Å². The summed E-state index contributed by atoms with van der Waals surface area (Å²) in [6, 6.07) is 10.6. The highest BCUT2D eigenvalue weighted by atomic mass is 32.2. The summed E-state index contributed by atoms with van der Waals surface area (Å²) in [4.78, 5) is 13.2. The Hall–Kier alpha value is -2.52. The Morgan fingerprint density at radius 1 is 1.21 bits per heavy atom. The molecular weight excluding hydrogens is 390 g/mol. The Kier molecular flexibility index (Phi) is 5.95. The number of halogens is 2. The van der Waals surface area contributed by atoms with E-state index in [4.69, 9.17) is 4.74 Å². The Labute approximate surface area is 162 Å². The summed E-state index contributed by atoms with van der Waals surface area (Å²) in [7, 11) is -3.75. The van der Waals surface area contributed by atoms with Gasteiger partial charge in [-0.15, -0.1) is 0 Å². The van der Waals surface area contributed by atoms with E-state index < -0.39 is 34.7 Å². The fraction of sp³-hybridized carbons (Fsp3) is 0.316. The van der Waals surface area contributed by atoms with Gasteiger partial charge in [0.25, 0.3) is 0 Å². The zero-order valence-electron chi connectivity index (χ0n) is 15.2. The van der Waals surface area contributed by atoms with Crippen LogP contribution >= 0.6 is 0 Å². The van der Waals surface area contributed by atoms with Crippen LogP contribution in [0.4, 0.5) is 19.3 Å². The lowest BCUT2D eigenvalue weighted by molar-refractivity contribution is 0.107. The normalized spacial score (nSPS) is 16.6. The number of benzene rings is 2. The minimum atomic E-state index is -3.75. The van der Waals surface area contributed by atoms with Gasteiger partial charge in [0.05, 0.1) is 17.3 Å². The molecule has 6 nitrogen and oxygen atoms in total. The molecule has 0 aliphatic carbocycles. The Bertz CT molecular complexity index is 967. The molecule has 1 aliphatic heterocycles. The highest BCUT2D eigenvalue weighted by Crippen LogP contribution is 2.37. The Balaban J connectivity index is 1.86. The third kappa shape index (κ3) is 4.15. The fourth-order valence-electron chi connectivity index (χ4n) is 3.03. The van der Waals surface area contributed by atoms with Crippen LogP contribution in [-0.2, 0) is 21.3 Å². The van der Waals surface area contributed by atoms with Gasteiger partial charge in [-0.2, -0.15) is 0 Å². The van der Waals surface area contributed by atoms with Crippen LogP contribution in [0.1, 0.15) is 30.6 Å². The van der Waals surface area contributed by atoms with Crippen molar-refractivity contribution < 1.29 is 26.7 Å². The molecule has 9 heteroatoms. The van der Waals surface area contributed by atoms with E-state index in [2.05, 4.69) is 4.72 Å². The molecule has 1 unspecified atom stereocenters. The van der Waals surface area contributed by atoms with Crippen LogP contribution in [0.25, 0.3) is 0 Å². The van der Waals surface area contributed by atoms with Crippen molar-refractivity contribution in [2.45, 2.75) is 30.9 Å². The molecule has 0 saturated heterocycles. The first-order chi connectivity index (χ1) is 13.3. The first-order valence-electron chi connectivity index (χ1n) is 8.74. The van der Waals surface area contributed by atoms with Gasteiger partial charge in [-0.25, -0.2) is 22.3 Å². The number of anilines is 1. The minimum absolute atomic E-state index is 0.00798. The van der Waals surface area contributed by atoms with E-state index in [1.54, 1.807) is 31.2 Å². The first-order valence-corrected chi connectivity index (χ1v) is 10.2. The summed E-state index contributed by atoms with van der Waals surface area (Å²) >= 11 is 0. The maximum Gasteiger partial charge on any atom is 0.414 e. The lowest BCUT2D eigenvalue weighted by Gasteiger charge is -2.33. The molecule has 3 rings (SSSR count). The molecule has 1 atom stereocenters. The molecule has 150 valence electrons. The third-order valence-electron chi connectivity index (χ3n) is 4.39. The standard InChI is InChI=1S/C19H20F2N2O4S/c1-13-16-10-14(12-22-28(25,26)15-6-3-2-4-7-15)11-17(21)18(16)23(9-5-8-20)19(24)27-13/h2-4,6-7,10-11,13,22H,5,8-9,12H2,1H3.